The quantitative estimate of drug-likeness (QED) is 0.0920. The Morgan fingerprint density at radius 2 is 1.51 bits per heavy atom. The third-order valence-corrected chi connectivity index (χ3v) is 8.21. The zero-order chi connectivity index (χ0) is 31.6. The van der Waals surface area contributed by atoms with Gasteiger partial charge in [0.15, 0.2) is 5.78 Å². The van der Waals surface area contributed by atoms with Crippen LogP contribution in [0.2, 0.25) is 0 Å². The third kappa shape index (κ3) is 8.33. The summed E-state index contributed by atoms with van der Waals surface area (Å²) < 4.78 is 40.2. The second-order valence-corrected chi connectivity index (χ2v) is 12.3. The second kappa shape index (κ2) is 13.7. The monoisotopic (exact) mass is 769 g/mol. The molecule has 1 radical (unpaired) electrons. The number of fused-ring (bicyclic) bond motifs is 3. The number of aliphatic hydroxyl groups excluding tert-OH is 1. The maximum Gasteiger partial charge on any atom is 0.416 e. The van der Waals surface area contributed by atoms with Gasteiger partial charge in [0.1, 0.15) is 5.76 Å². The second-order valence-electron chi connectivity index (χ2n) is 12.3. The van der Waals surface area contributed by atoms with Gasteiger partial charge in [0.2, 0.25) is 0 Å². The van der Waals surface area contributed by atoms with Crippen molar-refractivity contribution in [3.63, 3.8) is 0 Å². The average Bonchev–Trinajstić information content (AvgIpc) is 2.91. The van der Waals surface area contributed by atoms with Crippen molar-refractivity contribution in [2.75, 3.05) is 0 Å². The first-order valence-corrected chi connectivity index (χ1v) is 14.3. The van der Waals surface area contributed by atoms with Gasteiger partial charge in [0.25, 0.3) is 0 Å². The summed E-state index contributed by atoms with van der Waals surface area (Å²) in [6.45, 7) is 17.1. The number of halogens is 3. The Balaban J connectivity index is 0.000000348. The molecule has 43 heavy (non-hydrogen) atoms. The average molecular weight is 769 g/mol. The van der Waals surface area contributed by atoms with Crippen molar-refractivity contribution in [3.8, 4) is 11.3 Å². The molecule has 1 heterocycles. The number of carbonyl (C=O) groups is 1. The summed E-state index contributed by atoms with van der Waals surface area (Å²) in [7, 11) is 0. The fraction of sp³-hybridized carbons (Fsp3) is 0.389. The Morgan fingerprint density at radius 3 is 2.07 bits per heavy atom. The van der Waals surface area contributed by atoms with E-state index in [0.717, 1.165) is 51.4 Å². The minimum Gasteiger partial charge on any atom is -0.512 e. The molecule has 0 spiro atoms. The number of allylic oxidation sites excluding steroid dienone is 2. The van der Waals surface area contributed by atoms with E-state index >= 15 is 0 Å². The Kier molecular flexibility index (Phi) is 11.6. The standard InChI is InChI=1S/C23H17F3N.C13H24O2.Ir/c1-13-8-14(2)10-17(9-13)22-19-5-4-16-11-15(3)21(23(24,25)26)12-20(16)18(19)6-7-27-22;1-7-12(3,4)10(14)9-11(15)13(5,6)8-2;/h4-9,11-12H,1-3H3;9,14H,7-8H2,1-6H3;/q-1;;. The van der Waals surface area contributed by atoms with Crippen molar-refractivity contribution in [1.82, 2.24) is 4.98 Å². The maximum atomic E-state index is 13.4. The number of pyridine rings is 1. The van der Waals surface area contributed by atoms with Crippen molar-refractivity contribution in [2.45, 2.75) is 81.3 Å². The van der Waals surface area contributed by atoms with Crippen molar-refractivity contribution in [1.29, 1.82) is 0 Å². The van der Waals surface area contributed by atoms with E-state index in [1.54, 1.807) is 18.3 Å². The van der Waals surface area contributed by atoms with Gasteiger partial charge in [0.05, 0.1) is 5.56 Å². The van der Waals surface area contributed by atoms with Crippen molar-refractivity contribution in [2.24, 2.45) is 10.8 Å². The van der Waals surface area contributed by atoms with Crippen LogP contribution in [0, 0.1) is 37.7 Å². The number of ketones is 1. The predicted octanol–water partition coefficient (Wildman–Crippen LogP) is 10.7. The number of hydrogen-bond donors (Lipinski definition) is 1. The molecule has 0 aliphatic rings. The van der Waals surface area contributed by atoms with Crippen LogP contribution >= 0.6 is 0 Å². The molecule has 1 aromatic heterocycles. The number of aromatic nitrogens is 1. The van der Waals surface area contributed by atoms with Gasteiger partial charge in [-0.3, -0.25) is 4.79 Å². The summed E-state index contributed by atoms with van der Waals surface area (Å²) in [5, 5.41) is 12.8. The van der Waals surface area contributed by atoms with Gasteiger partial charge in [-0.2, -0.15) is 13.2 Å². The van der Waals surface area contributed by atoms with E-state index in [-0.39, 0.29) is 48.0 Å². The first kappa shape index (κ1) is 36.2. The molecule has 4 rings (SSSR count). The minimum absolute atomic E-state index is 0. The molecule has 7 heteroatoms. The Labute approximate surface area is 267 Å². The molecule has 0 fully saturated rings. The summed E-state index contributed by atoms with van der Waals surface area (Å²) in [4.78, 5) is 16.3. The summed E-state index contributed by atoms with van der Waals surface area (Å²) >= 11 is 0. The van der Waals surface area contributed by atoms with Crippen LogP contribution in [0.15, 0.2) is 60.5 Å². The van der Waals surface area contributed by atoms with Gasteiger partial charge in [-0.25, -0.2) is 0 Å². The normalized spacial score (nSPS) is 12.5. The van der Waals surface area contributed by atoms with Gasteiger partial charge < -0.3 is 10.1 Å². The molecule has 1 N–H and O–H groups in total. The molecule has 0 bridgehead atoms. The topological polar surface area (TPSA) is 50.2 Å². The zero-order valence-electron chi connectivity index (χ0n) is 26.4. The minimum atomic E-state index is -4.38. The molecule has 0 atom stereocenters. The number of rotatable bonds is 6. The van der Waals surface area contributed by atoms with E-state index in [1.807, 2.05) is 79.7 Å². The molecule has 233 valence electrons. The zero-order valence-corrected chi connectivity index (χ0v) is 28.8. The number of nitrogens with zero attached hydrogens (tertiary/aromatic N) is 1. The molecular formula is C36H41F3IrNO2-. The number of carbonyl (C=O) groups excluding carboxylic acids is 1. The molecule has 0 saturated carbocycles. The third-order valence-electron chi connectivity index (χ3n) is 8.21. The fourth-order valence-electron chi connectivity index (χ4n) is 4.56. The number of aliphatic hydroxyl groups is 1. The number of hydrogen-bond acceptors (Lipinski definition) is 3. The maximum absolute atomic E-state index is 13.4. The van der Waals surface area contributed by atoms with Crippen molar-refractivity contribution in [3.05, 3.63) is 88.8 Å². The summed E-state index contributed by atoms with van der Waals surface area (Å²) in [5.41, 5.74) is 2.62. The van der Waals surface area contributed by atoms with Crippen LogP contribution in [-0.2, 0) is 31.1 Å². The molecule has 3 nitrogen and oxygen atoms in total. The van der Waals surface area contributed by atoms with Crippen LogP contribution in [0.1, 0.15) is 76.6 Å². The van der Waals surface area contributed by atoms with E-state index in [4.69, 9.17) is 0 Å². The number of aryl methyl sites for hydroxylation is 3. The van der Waals surface area contributed by atoms with Gasteiger partial charge in [-0.1, -0.05) is 73.6 Å². The van der Waals surface area contributed by atoms with Crippen LogP contribution in [0.5, 0.6) is 0 Å². The Hall–Kier alpha value is -3.02. The molecule has 0 amide bonds. The van der Waals surface area contributed by atoms with Crippen LogP contribution in [0.4, 0.5) is 13.2 Å². The van der Waals surface area contributed by atoms with E-state index < -0.39 is 11.7 Å². The van der Waals surface area contributed by atoms with Crippen LogP contribution in [-0.4, -0.2) is 15.9 Å². The van der Waals surface area contributed by atoms with E-state index in [2.05, 4.69) is 11.1 Å². The van der Waals surface area contributed by atoms with Gasteiger partial charge in [-0.15, -0.1) is 34.9 Å². The van der Waals surface area contributed by atoms with E-state index in [9.17, 15) is 23.1 Å². The summed E-state index contributed by atoms with van der Waals surface area (Å²) in [5.74, 6) is 0.195. The largest absolute Gasteiger partial charge is 0.512 e. The summed E-state index contributed by atoms with van der Waals surface area (Å²) in [6, 6.07) is 15.7. The fourth-order valence-corrected chi connectivity index (χ4v) is 4.56. The molecule has 0 aliphatic heterocycles. The van der Waals surface area contributed by atoms with Crippen LogP contribution in [0.3, 0.4) is 0 Å². The van der Waals surface area contributed by atoms with E-state index in [0.29, 0.717) is 5.39 Å². The first-order valence-electron chi connectivity index (χ1n) is 14.3. The molecule has 0 aliphatic carbocycles. The van der Waals surface area contributed by atoms with Crippen molar-refractivity contribution >= 4 is 27.3 Å². The number of alkyl halides is 3. The van der Waals surface area contributed by atoms with E-state index in [1.165, 1.54) is 19.1 Å². The SMILES string of the molecule is CCC(C)(C)C(=O)C=C(O)C(C)(C)CC.Cc1[c-]c(-c2nccc3c2ccc2cc(C)c(C(F)(F)F)cc23)cc(C)c1.[Ir]. The Morgan fingerprint density at radius 1 is 0.884 bits per heavy atom. The molecule has 4 aromatic rings. The summed E-state index contributed by atoms with van der Waals surface area (Å²) in [6.07, 6.45) is 0.262. The molecule has 0 unspecified atom stereocenters. The molecular weight excluding hydrogens is 728 g/mol. The smallest absolute Gasteiger partial charge is 0.416 e. The molecule has 0 saturated heterocycles. The Bertz CT molecular complexity index is 1630. The van der Waals surface area contributed by atoms with Crippen molar-refractivity contribution < 1.29 is 43.2 Å². The van der Waals surface area contributed by atoms with Gasteiger partial charge in [0, 0.05) is 43.2 Å². The van der Waals surface area contributed by atoms with Crippen LogP contribution in [0.25, 0.3) is 32.8 Å². The van der Waals surface area contributed by atoms with Gasteiger partial charge in [-0.05, 0) is 64.7 Å². The van der Waals surface area contributed by atoms with Crippen LogP contribution < -0.4 is 0 Å². The molecule has 3 aromatic carbocycles. The van der Waals surface area contributed by atoms with Gasteiger partial charge >= 0.3 is 6.18 Å². The predicted molar refractivity (Wildman–Crippen MR) is 167 cm³/mol. The first-order chi connectivity index (χ1) is 19.4. The number of benzene rings is 3.